The van der Waals surface area contributed by atoms with Crippen molar-refractivity contribution in [1.29, 1.82) is 0 Å². The Morgan fingerprint density at radius 2 is 1.56 bits per heavy atom. The summed E-state index contributed by atoms with van der Waals surface area (Å²) in [4.78, 5) is 26.0. The summed E-state index contributed by atoms with van der Waals surface area (Å²) in [6.45, 7) is 1.77. The van der Waals surface area contributed by atoms with E-state index in [1.807, 2.05) is 60.7 Å². The van der Waals surface area contributed by atoms with Crippen LogP contribution in [0.25, 0.3) is 0 Å². The molecule has 0 radical (unpaired) electrons. The molecule has 2 N–H and O–H groups in total. The first kappa shape index (κ1) is 18.5. The molecule has 0 bridgehead atoms. The van der Waals surface area contributed by atoms with Crippen molar-refractivity contribution < 1.29 is 14.3 Å². The van der Waals surface area contributed by atoms with Crippen LogP contribution in [0.4, 0.5) is 4.79 Å². The molecule has 2 aromatic carbocycles. The first-order chi connectivity index (χ1) is 11.9. The Labute approximate surface area is 148 Å². The molecule has 0 saturated carbocycles. The fourth-order valence-corrected chi connectivity index (χ4v) is 3.07. The van der Waals surface area contributed by atoms with E-state index in [0.29, 0.717) is 6.42 Å². The van der Waals surface area contributed by atoms with Gasteiger partial charge >= 0.3 is 6.09 Å². The number of nitrogens with two attached hydrogens (primary N) is 1. The average Bonchev–Trinajstić information content (AvgIpc) is 2.61. The van der Waals surface area contributed by atoms with Crippen molar-refractivity contribution in [3.63, 3.8) is 0 Å². The zero-order chi connectivity index (χ0) is 18.4. The summed E-state index contributed by atoms with van der Waals surface area (Å²) in [6, 6.07) is 18.9. The lowest BCUT2D eigenvalue weighted by molar-refractivity contribution is -0.142. The first-order valence-electron chi connectivity index (χ1n) is 8.16. The monoisotopic (exact) mass is 340 g/mol. The van der Waals surface area contributed by atoms with Gasteiger partial charge < -0.3 is 15.4 Å². The van der Waals surface area contributed by atoms with E-state index in [0.717, 1.165) is 11.1 Å². The van der Waals surface area contributed by atoms with Crippen molar-refractivity contribution in [2.45, 2.75) is 18.9 Å². The molecule has 2 amide bonds. The Morgan fingerprint density at radius 1 is 1.04 bits per heavy atom. The van der Waals surface area contributed by atoms with Crippen molar-refractivity contribution in [2.75, 3.05) is 14.1 Å². The molecule has 2 atom stereocenters. The highest BCUT2D eigenvalue weighted by Gasteiger charge is 2.45. The third kappa shape index (κ3) is 4.18. The molecule has 0 aliphatic heterocycles. The molecule has 0 aliphatic carbocycles. The van der Waals surface area contributed by atoms with Gasteiger partial charge in [0.05, 0.1) is 5.92 Å². The highest BCUT2D eigenvalue weighted by atomic mass is 16.6. The van der Waals surface area contributed by atoms with Crippen molar-refractivity contribution in [3.05, 3.63) is 71.8 Å². The van der Waals surface area contributed by atoms with Gasteiger partial charge in [-0.15, -0.1) is 0 Å². The number of rotatable bonds is 6. The van der Waals surface area contributed by atoms with Crippen LogP contribution in [-0.4, -0.2) is 31.0 Å². The molecule has 0 aromatic heterocycles. The summed E-state index contributed by atoms with van der Waals surface area (Å²) in [7, 11) is 3.36. The summed E-state index contributed by atoms with van der Waals surface area (Å²) in [5.41, 5.74) is 5.90. The van der Waals surface area contributed by atoms with Crippen molar-refractivity contribution >= 4 is 12.0 Å². The normalized spacial score (nSPS) is 14.2. The van der Waals surface area contributed by atoms with Crippen molar-refractivity contribution in [3.8, 4) is 0 Å². The smallest absolute Gasteiger partial charge is 0.405 e. The number of benzene rings is 2. The van der Waals surface area contributed by atoms with Gasteiger partial charge in [-0.1, -0.05) is 60.7 Å². The van der Waals surface area contributed by atoms with Crippen LogP contribution in [0.15, 0.2) is 60.7 Å². The van der Waals surface area contributed by atoms with Crippen LogP contribution < -0.4 is 5.73 Å². The van der Waals surface area contributed by atoms with Gasteiger partial charge in [0.15, 0.2) is 5.60 Å². The Kier molecular flexibility index (Phi) is 5.80. The van der Waals surface area contributed by atoms with Crippen LogP contribution in [0, 0.1) is 5.92 Å². The third-order valence-electron chi connectivity index (χ3n) is 4.37. The highest BCUT2D eigenvalue weighted by Crippen LogP contribution is 2.38. The summed E-state index contributed by atoms with van der Waals surface area (Å²) < 4.78 is 5.65. The number of hydrogen-bond acceptors (Lipinski definition) is 3. The Hall–Kier alpha value is -2.82. The van der Waals surface area contributed by atoms with Gasteiger partial charge in [-0.25, -0.2) is 4.79 Å². The molecule has 132 valence electrons. The molecule has 1 unspecified atom stereocenters. The minimum absolute atomic E-state index is 0.138. The van der Waals surface area contributed by atoms with E-state index in [9.17, 15) is 9.59 Å². The summed E-state index contributed by atoms with van der Waals surface area (Å²) in [6.07, 6.45) is -0.556. The zero-order valence-electron chi connectivity index (χ0n) is 14.8. The molecule has 25 heavy (non-hydrogen) atoms. The fraction of sp³-hybridized carbons (Fsp3) is 0.300. The molecule has 2 rings (SSSR count). The Balaban J connectivity index is 2.60. The number of hydrogen-bond donors (Lipinski definition) is 1. The van der Waals surface area contributed by atoms with E-state index in [1.54, 1.807) is 21.0 Å². The number of carbonyl (C=O) groups is 2. The van der Waals surface area contributed by atoms with Gasteiger partial charge in [-0.2, -0.15) is 0 Å². The number of amides is 2. The second-order valence-corrected chi connectivity index (χ2v) is 6.29. The first-order valence-corrected chi connectivity index (χ1v) is 8.16. The van der Waals surface area contributed by atoms with E-state index >= 15 is 0 Å². The van der Waals surface area contributed by atoms with Gasteiger partial charge in [0.25, 0.3) is 0 Å². The average molecular weight is 340 g/mol. The minimum atomic E-state index is -1.18. The topological polar surface area (TPSA) is 72.6 Å². The van der Waals surface area contributed by atoms with E-state index in [1.165, 1.54) is 4.90 Å². The maximum Gasteiger partial charge on any atom is 0.405 e. The molecular weight excluding hydrogens is 316 g/mol. The fourth-order valence-electron chi connectivity index (χ4n) is 3.07. The van der Waals surface area contributed by atoms with Gasteiger partial charge in [0.1, 0.15) is 0 Å². The molecule has 0 heterocycles. The van der Waals surface area contributed by atoms with E-state index in [4.69, 9.17) is 10.5 Å². The van der Waals surface area contributed by atoms with Crippen LogP contribution >= 0.6 is 0 Å². The standard InChI is InChI=1S/C20H24N2O3/c1-15(18(23)22(2)3)20(25-19(21)24,17-12-8-5-9-13-17)14-16-10-6-4-7-11-16/h4-13,15H,14H2,1-3H3,(H2,21,24)/t15-,20?/m1/s1. The van der Waals surface area contributed by atoms with Gasteiger partial charge in [0, 0.05) is 20.5 Å². The Bertz CT molecular complexity index is 716. The number of ether oxygens (including phenoxy) is 1. The maximum absolute atomic E-state index is 12.7. The zero-order valence-corrected chi connectivity index (χ0v) is 14.8. The van der Waals surface area contributed by atoms with Gasteiger partial charge in [-0.05, 0) is 18.1 Å². The van der Waals surface area contributed by atoms with Crippen molar-refractivity contribution in [1.82, 2.24) is 4.90 Å². The summed E-state index contributed by atoms with van der Waals surface area (Å²) in [5.74, 6) is -0.751. The van der Waals surface area contributed by atoms with Crippen LogP contribution in [0.1, 0.15) is 18.1 Å². The Morgan fingerprint density at radius 3 is 2.04 bits per heavy atom. The lowest BCUT2D eigenvalue weighted by Gasteiger charge is -2.39. The maximum atomic E-state index is 12.7. The molecule has 5 nitrogen and oxygen atoms in total. The lowest BCUT2D eigenvalue weighted by Crippen LogP contribution is -2.48. The van der Waals surface area contributed by atoms with Gasteiger partial charge in [-0.3, -0.25) is 4.79 Å². The summed E-state index contributed by atoms with van der Waals surface area (Å²) >= 11 is 0. The SMILES string of the molecule is C[C@H](C(=O)N(C)C)C(Cc1ccccc1)(OC(N)=O)c1ccccc1. The largest absolute Gasteiger partial charge is 0.437 e. The van der Waals surface area contributed by atoms with Crippen LogP contribution in [0.3, 0.4) is 0 Å². The number of carbonyl (C=O) groups excluding carboxylic acids is 2. The van der Waals surface area contributed by atoms with E-state index in [2.05, 4.69) is 0 Å². The lowest BCUT2D eigenvalue weighted by atomic mass is 9.76. The second-order valence-electron chi connectivity index (χ2n) is 6.29. The molecule has 2 aromatic rings. The predicted molar refractivity (Wildman–Crippen MR) is 96.8 cm³/mol. The quantitative estimate of drug-likeness (QED) is 0.879. The molecule has 0 spiro atoms. The third-order valence-corrected chi connectivity index (χ3v) is 4.37. The molecule has 0 saturated heterocycles. The van der Waals surface area contributed by atoms with Crippen LogP contribution in [0.2, 0.25) is 0 Å². The number of nitrogens with zero attached hydrogens (tertiary/aromatic N) is 1. The van der Waals surface area contributed by atoms with E-state index < -0.39 is 17.6 Å². The molecule has 0 fully saturated rings. The van der Waals surface area contributed by atoms with E-state index in [-0.39, 0.29) is 5.91 Å². The van der Waals surface area contributed by atoms with Crippen molar-refractivity contribution in [2.24, 2.45) is 11.7 Å². The second kappa shape index (κ2) is 7.83. The van der Waals surface area contributed by atoms with Gasteiger partial charge in [0.2, 0.25) is 5.91 Å². The predicted octanol–water partition coefficient (Wildman–Crippen LogP) is 2.94. The molecule has 5 heteroatoms. The molecular formula is C20H24N2O3. The molecule has 0 aliphatic rings. The minimum Gasteiger partial charge on any atom is -0.437 e. The highest BCUT2D eigenvalue weighted by molar-refractivity contribution is 5.80. The number of primary amides is 1. The van der Waals surface area contributed by atoms with Crippen LogP contribution in [-0.2, 0) is 21.6 Å². The summed E-state index contributed by atoms with van der Waals surface area (Å²) in [5, 5.41) is 0. The van der Waals surface area contributed by atoms with Crippen LogP contribution in [0.5, 0.6) is 0 Å².